The number of esters is 1. The standard InChI is InChI=1S/C24H22N4O4/c1-3-32-24(30)17-6-9-19(10-7-17)25-23(29)18-8-13-22-21(14-18)26-27-28(22)15-16-4-11-20(31-2)12-5-16/h4-14H,3,15H2,1-2H3,(H,25,29). The zero-order chi connectivity index (χ0) is 22.5. The molecule has 8 nitrogen and oxygen atoms in total. The summed E-state index contributed by atoms with van der Waals surface area (Å²) in [6.45, 7) is 2.62. The van der Waals surface area contributed by atoms with Gasteiger partial charge in [0.05, 0.1) is 31.3 Å². The van der Waals surface area contributed by atoms with Crippen LogP contribution in [0.3, 0.4) is 0 Å². The fourth-order valence-electron chi connectivity index (χ4n) is 3.24. The van der Waals surface area contributed by atoms with Crippen LogP contribution in [0.2, 0.25) is 0 Å². The van der Waals surface area contributed by atoms with Crippen LogP contribution in [0.5, 0.6) is 5.75 Å². The molecule has 0 radical (unpaired) electrons. The lowest BCUT2D eigenvalue weighted by Gasteiger charge is -2.07. The number of hydrogen-bond donors (Lipinski definition) is 1. The van der Waals surface area contributed by atoms with Gasteiger partial charge in [-0.1, -0.05) is 17.3 Å². The second-order valence-electron chi connectivity index (χ2n) is 7.05. The molecule has 4 rings (SSSR count). The van der Waals surface area contributed by atoms with Crippen LogP contribution in [0.15, 0.2) is 66.7 Å². The summed E-state index contributed by atoms with van der Waals surface area (Å²) in [5, 5.41) is 11.2. The Balaban J connectivity index is 1.46. The summed E-state index contributed by atoms with van der Waals surface area (Å²) in [5.74, 6) is 0.123. The van der Waals surface area contributed by atoms with Gasteiger partial charge in [-0.3, -0.25) is 4.79 Å². The van der Waals surface area contributed by atoms with E-state index in [0.29, 0.717) is 35.5 Å². The number of rotatable bonds is 7. The molecule has 4 aromatic rings. The molecule has 0 saturated carbocycles. The molecule has 1 amide bonds. The third-order valence-electron chi connectivity index (χ3n) is 4.92. The van der Waals surface area contributed by atoms with Crippen molar-refractivity contribution in [3.05, 3.63) is 83.4 Å². The molecule has 32 heavy (non-hydrogen) atoms. The second kappa shape index (κ2) is 9.30. The minimum Gasteiger partial charge on any atom is -0.497 e. The summed E-state index contributed by atoms with van der Waals surface area (Å²) in [6, 6.07) is 19.6. The molecule has 0 saturated heterocycles. The molecule has 0 aliphatic carbocycles. The van der Waals surface area contributed by atoms with Crippen LogP contribution < -0.4 is 10.1 Å². The van der Waals surface area contributed by atoms with Crippen molar-refractivity contribution < 1.29 is 19.1 Å². The Morgan fingerprint density at radius 1 is 0.969 bits per heavy atom. The number of anilines is 1. The maximum Gasteiger partial charge on any atom is 0.338 e. The van der Waals surface area contributed by atoms with Crippen molar-refractivity contribution in [2.45, 2.75) is 13.5 Å². The van der Waals surface area contributed by atoms with Crippen LogP contribution in [0.4, 0.5) is 5.69 Å². The minimum atomic E-state index is -0.395. The topological polar surface area (TPSA) is 95.3 Å². The van der Waals surface area contributed by atoms with E-state index in [1.54, 1.807) is 55.1 Å². The third-order valence-corrected chi connectivity index (χ3v) is 4.92. The molecule has 1 heterocycles. The van der Waals surface area contributed by atoms with Gasteiger partial charge in [0.2, 0.25) is 0 Å². The molecule has 8 heteroatoms. The molecule has 0 spiro atoms. The monoisotopic (exact) mass is 430 g/mol. The van der Waals surface area contributed by atoms with Gasteiger partial charge in [0.1, 0.15) is 11.3 Å². The predicted octanol–water partition coefficient (Wildman–Crippen LogP) is 3.92. The number of fused-ring (bicyclic) bond motifs is 1. The van der Waals surface area contributed by atoms with Crippen LogP contribution >= 0.6 is 0 Å². The predicted molar refractivity (Wildman–Crippen MR) is 120 cm³/mol. The number of carbonyl (C=O) groups excluding carboxylic acids is 2. The van der Waals surface area contributed by atoms with Gasteiger partial charge in [0.15, 0.2) is 0 Å². The van der Waals surface area contributed by atoms with Crippen molar-refractivity contribution in [2.24, 2.45) is 0 Å². The van der Waals surface area contributed by atoms with E-state index in [1.807, 2.05) is 30.3 Å². The van der Waals surface area contributed by atoms with Crippen molar-refractivity contribution in [1.82, 2.24) is 15.0 Å². The summed E-state index contributed by atoms with van der Waals surface area (Å²) >= 11 is 0. The number of nitrogens with one attached hydrogen (secondary N) is 1. The third kappa shape index (κ3) is 4.59. The van der Waals surface area contributed by atoms with Gasteiger partial charge in [0.25, 0.3) is 5.91 Å². The molecule has 0 atom stereocenters. The molecular formula is C24H22N4O4. The quantitative estimate of drug-likeness (QED) is 0.447. The summed E-state index contributed by atoms with van der Waals surface area (Å²) in [7, 11) is 1.63. The first kappa shape index (κ1) is 21.0. The number of aromatic nitrogens is 3. The van der Waals surface area contributed by atoms with E-state index in [0.717, 1.165) is 16.8 Å². The molecule has 0 unspecified atom stereocenters. The van der Waals surface area contributed by atoms with Crippen molar-refractivity contribution in [3.63, 3.8) is 0 Å². The molecule has 1 aromatic heterocycles. The number of nitrogens with zero attached hydrogens (tertiary/aromatic N) is 3. The molecule has 0 fully saturated rings. The number of methoxy groups -OCH3 is 1. The van der Waals surface area contributed by atoms with E-state index >= 15 is 0 Å². The summed E-state index contributed by atoms with van der Waals surface area (Å²) in [4.78, 5) is 24.4. The van der Waals surface area contributed by atoms with Gasteiger partial charge in [0, 0.05) is 11.3 Å². The van der Waals surface area contributed by atoms with Crippen LogP contribution in [0, 0.1) is 0 Å². The summed E-state index contributed by atoms with van der Waals surface area (Å²) in [5.41, 5.74) is 3.99. The van der Waals surface area contributed by atoms with Crippen LogP contribution in [-0.4, -0.2) is 40.6 Å². The number of amides is 1. The Morgan fingerprint density at radius 3 is 2.38 bits per heavy atom. The zero-order valence-electron chi connectivity index (χ0n) is 17.7. The zero-order valence-corrected chi connectivity index (χ0v) is 17.7. The summed E-state index contributed by atoms with van der Waals surface area (Å²) < 4.78 is 11.9. The molecule has 1 N–H and O–H groups in total. The Hall–Kier alpha value is -4.20. The molecule has 0 bridgehead atoms. The summed E-state index contributed by atoms with van der Waals surface area (Å²) in [6.07, 6.45) is 0. The first-order valence-corrected chi connectivity index (χ1v) is 10.1. The molecule has 0 aliphatic rings. The highest BCUT2D eigenvalue weighted by Crippen LogP contribution is 2.18. The van der Waals surface area contributed by atoms with Gasteiger partial charge in [-0.25, -0.2) is 9.48 Å². The highest BCUT2D eigenvalue weighted by atomic mass is 16.5. The van der Waals surface area contributed by atoms with Gasteiger partial charge >= 0.3 is 5.97 Å². The number of ether oxygens (including phenoxy) is 2. The van der Waals surface area contributed by atoms with Crippen molar-refractivity contribution in [1.29, 1.82) is 0 Å². The molecular weight excluding hydrogens is 408 g/mol. The van der Waals surface area contributed by atoms with E-state index < -0.39 is 5.97 Å². The van der Waals surface area contributed by atoms with Gasteiger partial charge < -0.3 is 14.8 Å². The van der Waals surface area contributed by atoms with Gasteiger partial charge in [-0.2, -0.15) is 0 Å². The van der Waals surface area contributed by atoms with Crippen LogP contribution in [-0.2, 0) is 11.3 Å². The average molecular weight is 430 g/mol. The molecule has 3 aromatic carbocycles. The fourth-order valence-corrected chi connectivity index (χ4v) is 3.24. The van der Waals surface area contributed by atoms with Crippen molar-refractivity contribution in [2.75, 3.05) is 19.0 Å². The second-order valence-corrected chi connectivity index (χ2v) is 7.05. The first-order valence-electron chi connectivity index (χ1n) is 10.1. The smallest absolute Gasteiger partial charge is 0.338 e. The first-order chi connectivity index (χ1) is 15.6. The largest absolute Gasteiger partial charge is 0.497 e. The van der Waals surface area contributed by atoms with Crippen molar-refractivity contribution >= 4 is 28.6 Å². The Kier molecular flexibility index (Phi) is 6.12. The minimum absolute atomic E-state index is 0.277. The number of hydrogen-bond acceptors (Lipinski definition) is 6. The van der Waals surface area contributed by atoms with E-state index in [9.17, 15) is 9.59 Å². The molecule has 162 valence electrons. The van der Waals surface area contributed by atoms with E-state index in [1.165, 1.54) is 0 Å². The van der Waals surface area contributed by atoms with Crippen LogP contribution in [0.25, 0.3) is 11.0 Å². The lowest BCUT2D eigenvalue weighted by atomic mass is 10.1. The van der Waals surface area contributed by atoms with E-state index in [2.05, 4.69) is 15.6 Å². The lowest BCUT2D eigenvalue weighted by Crippen LogP contribution is -2.12. The Morgan fingerprint density at radius 2 is 1.69 bits per heavy atom. The highest BCUT2D eigenvalue weighted by molar-refractivity contribution is 6.06. The number of carbonyl (C=O) groups is 2. The van der Waals surface area contributed by atoms with Crippen LogP contribution in [0.1, 0.15) is 33.2 Å². The van der Waals surface area contributed by atoms with E-state index in [-0.39, 0.29) is 5.91 Å². The maximum absolute atomic E-state index is 12.7. The van der Waals surface area contributed by atoms with E-state index in [4.69, 9.17) is 9.47 Å². The van der Waals surface area contributed by atoms with Crippen molar-refractivity contribution in [3.8, 4) is 5.75 Å². The normalized spacial score (nSPS) is 10.7. The lowest BCUT2D eigenvalue weighted by molar-refractivity contribution is 0.0526. The molecule has 0 aliphatic heterocycles. The average Bonchev–Trinajstić information content (AvgIpc) is 3.22. The Bertz CT molecular complexity index is 1250. The SMILES string of the molecule is CCOC(=O)c1ccc(NC(=O)c2ccc3c(c2)nnn3Cc2ccc(OC)cc2)cc1. The fraction of sp³-hybridized carbons (Fsp3) is 0.167. The Labute approximate surface area is 184 Å². The van der Waals surface area contributed by atoms with Gasteiger partial charge in [-0.05, 0) is 67.1 Å². The highest BCUT2D eigenvalue weighted by Gasteiger charge is 2.12. The van der Waals surface area contributed by atoms with Gasteiger partial charge in [-0.15, -0.1) is 5.10 Å². The maximum atomic E-state index is 12.7. The number of benzene rings is 3.